The Morgan fingerprint density at radius 2 is 2.11 bits per heavy atom. The molecule has 1 aromatic carbocycles. The minimum Gasteiger partial charge on any atom is -0.496 e. The number of nitro benzene ring substituents is 1. The van der Waals surface area contributed by atoms with Crippen molar-refractivity contribution in [2.45, 2.75) is 31.2 Å². The standard InChI is InChI=1S/C13H18N2O4/c1-18-10-4-5-12(11(8-10)15(16)17)19-9-13(14)6-2-3-7-13/h4-5,8H,2-3,6-7,9,14H2,1H3. The lowest BCUT2D eigenvalue weighted by atomic mass is 10.0. The number of ether oxygens (including phenoxy) is 2. The van der Waals surface area contributed by atoms with Crippen molar-refractivity contribution in [1.29, 1.82) is 0 Å². The number of methoxy groups -OCH3 is 1. The molecular weight excluding hydrogens is 248 g/mol. The van der Waals surface area contributed by atoms with Crippen LogP contribution in [-0.4, -0.2) is 24.2 Å². The normalized spacial score (nSPS) is 17.2. The van der Waals surface area contributed by atoms with E-state index in [2.05, 4.69) is 0 Å². The Hall–Kier alpha value is -1.82. The van der Waals surface area contributed by atoms with Gasteiger partial charge in [-0.15, -0.1) is 0 Å². The molecule has 1 aliphatic carbocycles. The molecule has 6 nitrogen and oxygen atoms in total. The van der Waals surface area contributed by atoms with Crippen LogP contribution in [0.4, 0.5) is 5.69 Å². The molecule has 0 aliphatic heterocycles. The molecule has 0 bridgehead atoms. The first-order valence-electron chi connectivity index (χ1n) is 6.28. The van der Waals surface area contributed by atoms with Crippen molar-refractivity contribution >= 4 is 5.69 Å². The third-order valence-corrected chi connectivity index (χ3v) is 3.48. The SMILES string of the molecule is COc1ccc(OCC2(N)CCCC2)c([N+](=O)[O-])c1. The number of nitrogens with two attached hydrogens (primary N) is 1. The summed E-state index contributed by atoms with van der Waals surface area (Å²) in [6.45, 7) is 0.306. The number of hydrogen-bond acceptors (Lipinski definition) is 5. The van der Waals surface area contributed by atoms with Gasteiger partial charge in [-0.05, 0) is 25.0 Å². The van der Waals surface area contributed by atoms with Gasteiger partial charge in [0.15, 0.2) is 5.75 Å². The van der Waals surface area contributed by atoms with E-state index in [0.29, 0.717) is 12.4 Å². The van der Waals surface area contributed by atoms with Gasteiger partial charge in [0.05, 0.1) is 23.6 Å². The topological polar surface area (TPSA) is 87.6 Å². The average molecular weight is 266 g/mol. The number of nitrogens with zero attached hydrogens (tertiary/aromatic N) is 1. The molecule has 0 saturated heterocycles. The molecule has 0 radical (unpaired) electrons. The van der Waals surface area contributed by atoms with Crippen LogP contribution >= 0.6 is 0 Å². The third-order valence-electron chi connectivity index (χ3n) is 3.48. The van der Waals surface area contributed by atoms with Gasteiger partial charge in [0.25, 0.3) is 0 Å². The van der Waals surface area contributed by atoms with Crippen molar-refractivity contribution in [2.24, 2.45) is 5.73 Å². The molecule has 1 fully saturated rings. The van der Waals surface area contributed by atoms with Crippen LogP contribution < -0.4 is 15.2 Å². The van der Waals surface area contributed by atoms with Crippen LogP contribution in [0, 0.1) is 10.1 Å². The second-order valence-electron chi connectivity index (χ2n) is 4.95. The molecule has 2 N–H and O–H groups in total. The molecule has 0 amide bonds. The van der Waals surface area contributed by atoms with E-state index in [4.69, 9.17) is 15.2 Å². The largest absolute Gasteiger partial charge is 0.496 e. The summed E-state index contributed by atoms with van der Waals surface area (Å²) in [6, 6.07) is 4.54. The van der Waals surface area contributed by atoms with Crippen LogP contribution in [0.2, 0.25) is 0 Å². The third kappa shape index (κ3) is 3.14. The van der Waals surface area contributed by atoms with E-state index in [1.807, 2.05) is 0 Å². The molecule has 0 atom stereocenters. The molecule has 0 aromatic heterocycles. The second-order valence-corrected chi connectivity index (χ2v) is 4.95. The Morgan fingerprint density at radius 1 is 1.42 bits per heavy atom. The van der Waals surface area contributed by atoms with E-state index in [1.54, 1.807) is 12.1 Å². The monoisotopic (exact) mass is 266 g/mol. The first-order valence-corrected chi connectivity index (χ1v) is 6.28. The Labute approximate surface area is 111 Å². The number of nitro groups is 1. The summed E-state index contributed by atoms with van der Waals surface area (Å²) in [5, 5.41) is 11.0. The highest BCUT2D eigenvalue weighted by Gasteiger charge is 2.31. The van der Waals surface area contributed by atoms with Crippen molar-refractivity contribution in [3.05, 3.63) is 28.3 Å². The van der Waals surface area contributed by atoms with E-state index in [1.165, 1.54) is 13.2 Å². The van der Waals surface area contributed by atoms with Gasteiger partial charge in [0, 0.05) is 0 Å². The Kier molecular flexibility index (Phi) is 3.90. The van der Waals surface area contributed by atoms with Gasteiger partial charge < -0.3 is 15.2 Å². The second kappa shape index (κ2) is 5.44. The first-order chi connectivity index (χ1) is 9.04. The summed E-state index contributed by atoms with van der Waals surface area (Å²) in [4.78, 5) is 10.5. The smallest absolute Gasteiger partial charge is 0.314 e. The van der Waals surface area contributed by atoms with Crippen LogP contribution in [0.1, 0.15) is 25.7 Å². The summed E-state index contributed by atoms with van der Waals surface area (Å²) in [5.74, 6) is 0.671. The van der Waals surface area contributed by atoms with Gasteiger partial charge >= 0.3 is 5.69 Å². The van der Waals surface area contributed by atoms with Gasteiger partial charge in [0.2, 0.25) is 0 Å². The molecule has 1 aromatic rings. The molecule has 104 valence electrons. The van der Waals surface area contributed by atoms with E-state index in [0.717, 1.165) is 25.7 Å². The van der Waals surface area contributed by atoms with Crippen LogP contribution in [0.25, 0.3) is 0 Å². The zero-order valence-corrected chi connectivity index (χ0v) is 10.9. The Balaban J connectivity index is 2.13. The lowest BCUT2D eigenvalue weighted by Crippen LogP contribution is -2.42. The summed E-state index contributed by atoms with van der Waals surface area (Å²) in [6.07, 6.45) is 3.98. The van der Waals surface area contributed by atoms with Crippen molar-refractivity contribution in [3.63, 3.8) is 0 Å². The maximum Gasteiger partial charge on any atom is 0.314 e. The maximum absolute atomic E-state index is 11.0. The summed E-state index contributed by atoms with van der Waals surface area (Å²) in [5.41, 5.74) is 5.72. The molecule has 0 spiro atoms. The molecule has 6 heteroatoms. The van der Waals surface area contributed by atoms with Crippen molar-refractivity contribution < 1.29 is 14.4 Å². The van der Waals surface area contributed by atoms with Crippen molar-refractivity contribution in [1.82, 2.24) is 0 Å². The van der Waals surface area contributed by atoms with Gasteiger partial charge in [0.1, 0.15) is 12.4 Å². The van der Waals surface area contributed by atoms with E-state index >= 15 is 0 Å². The quantitative estimate of drug-likeness (QED) is 0.652. The van der Waals surface area contributed by atoms with Gasteiger partial charge in [-0.1, -0.05) is 12.8 Å². The van der Waals surface area contributed by atoms with Crippen molar-refractivity contribution in [2.75, 3.05) is 13.7 Å². The summed E-state index contributed by atoms with van der Waals surface area (Å²) < 4.78 is 10.5. The molecule has 0 unspecified atom stereocenters. The minimum absolute atomic E-state index is 0.0963. The van der Waals surface area contributed by atoms with Crippen LogP contribution in [0.15, 0.2) is 18.2 Å². The molecule has 0 heterocycles. The highest BCUT2D eigenvalue weighted by molar-refractivity contribution is 5.50. The van der Waals surface area contributed by atoms with Gasteiger partial charge in [-0.25, -0.2) is 0 Å². The maximum atomic E-state index is 11.0. The fraction of sp³-hybridized carbons (Fsp3) is 0.538. The summed E-state index contributed by atoms with van der Waals surface area (Å²) in [7, 11) is 1.47. The highest BCUT2D eigenvalue weighted by Crippen LogP contribution is 2.33. The number of benzene rings is 1. The fourth-order valence-electron chi connectivity index (χ4n) is 2.33. The number of hydrogen-bond donors (Lipinski definition) is 1. The Bertz CT molecular complexity index is 470. The predicted octanol–water partition coefficient (Wildman–Crippen LogP) is 2.25. The highest BCUT2D eigenvalue weighted by atomic mass is 16.6. The lowest BCUT2D eigenvalue weighted by molar-refractivity contribution is -0.386. The molecular formula is C13H18N2O4. The zero-order chi connectivity index (χ0) is 13.9. The van der Waals surface area contributed by atoms with Crippen LogP contribution in [0.5, 0.6) is 11.5 Å². The molecule has 2 rings (SSSR count). The first kappa shape index (κ1) is 13.6. The van der Waals surface area contributed by atoms with E-state index in [9.17, 15) is 10.1 Å². The van der Waals surface area contributed by atoms with Crippen LogP contribution in [-0.2, 0) is 0 Å². The number of rotatable bonds is 5. The zero-order valence-electron chi connectivity index (χ0n) is 10.9. The molecule has 1 aliphatic rings. The van der Waals surface area contributed by atoms with Crippen LogP contribution in [0.3, 0.4) is 0 Å². The van der Waals surface area contributed by atoms with E-state index in [-0.39, 0.29) is 17.0 Å². The van der Waals surface area contributed by atoms with Gasteiger partial charge in [-0.3, -0.25) is 10.1 Å². The fourth-order valence-corrected chi connectivity index (χ4v) is 2.33. The summed E-state index contributed by atoms with van der Waals surface area (Å²) >= 11 is 0. The average Bonchev–Trinajstić information content (AvgIpc) is 2.83. The Morgan fingerprint density at radius 3 is 2.68 bits per heavy atom. The minimum atomic E-state index is -0.476. The van der Waals surface area contributed by atoms with Gasteiger partial charge in [-0.2, -0.15) is 0 Å². The molecule has 19 heavy (non-hydrogen) atoms. The lowest BCUT2D eigenvalue weighted by Gasteiger charge is -2.23. The molecule has 1 saturated carbocycles. The van der Waals surface area contributed by atoms with E-state index < -0.39 is 4.92 Å². The van der Waals surface area contributed by atoms with Crippen molar-refractivity contribution in [3.8, 4) is 11.5 Å². The predicted molar refractivity (Wildman–Crippen MR) is 70.5 cm³/mol.